The smallest absolute Gasteiger partial charge is 0.258 e. The number of ether oxygens (including phenoxy) is 2. The monoisotopic (exact) mass is 281 g/mol. The van der Waals surface area contributed by atoms with Crippen LogP contribution >= 0.6 is 0 Å². The fourth-order valence-corrected chi connectivity index (χ4v) is 2.08. The van der Waals surface area contributed by atoms with Gasteiger partial charge in [0.1, 0.15) is 5.75 Å². The van der Waals surface area contributed by atoms with Crippen LogP contribution < -0.4 is 14.8 Å². The highest BCUT2D eigenvalue weighted by Gasteiger charge is 2.11. The molecule has 5 heteroatoms. The third-order valence-corrected chi connectivity index (χ3v) is 3.09. The molecule has 1 N–H and O–H groups in total. The molecular formula is C16H15N3O2. The number of benzene rings is 2. The molecular weight excluding hydrogens is 266 g/mol. The zero-order valence-electron chi connectivity index (χ0n) is 11.8. The van der Waals surface area contributed by atoms with Crippen molar-refractivity contribution in [2.75, 3.05) is 19.5 Å². The first-order valence-corrected chi connectivity index (χ1v) is 6.52. The Kier molecular flexibility index (Phi) is 3.55. The number of anilines is 2. The second-order valence-electron chi connectivity index (χ2n) is 4.40. The van der Waals surface area contributed by atoms with Gasteiger partial charge in [-0.3, -0.25) is 0 Å². The van der Waals surface area contributed by atoms with Crippen LogP contribution in [0.1, 0.15) is 0 Å². The lowest BCUT2D eigenvalue weighted by atomic mass is 10.3. The molecule has 1 heterocycles. The van der Waals surface area contributed by atoms with E-state index in [1.54, 1.807) is 14.2 Å². The number of rotatable bonds is 4. The molecule has 3 aromatic rings. The highest BCUT2D eigenvalue weighted by atomic mass is 16.5. The Bertz CT molecular complexity index is 774. The van der Waals surface area contributed by atoms with E-state index in [0.29, 0.717) is 11.7 Å². The summed E-state index contributed by atoms with van der Waals surface area (Å²) in [5.74, 6) is 1.73. The van der Waals surface area contributed by atoms with Gasteiger partial charge in [0.2, 0.25) is 0 Å². The van der Waals surface area contributed by atoms with Crippen molar-refractivity contribution < 1.29 is 9.47 Å². The van der Waals surface area contributed by atoms with E-state index in [-0.39, 0.29) is 0 Å². The van der Waals surface area contributed by atoms with E-state index in [1.165, 1.54) is 0 Å². The number of fused-ring (bicyclic) bond motifs is 1. The Morgan fingerprint density at radius 1 is 0.810 bits per heavy atom. The first-order chi connectivity index (χ1) is 10.3. The van der Waals surface area contributed by atoms with Crippen molar-refractivity contribution in [3.05, 3.63) is 48.5 Å². The Labute approximate surface area is 122 Å². The molecule has 0 atom stereocenters. The minimum Gasteiger partial charge on any atom is -0.495 e. The van der Waals surface area contributed by atoms with Gasteiger partial charge in [-0.1, -0.05) is 24.3 Å². The number of nitrogens with one attached hydrogen (secondary N) is 1. The summed E-state index contributed by atoms with van der Waals surface area (Å²) in [5.41, 5.74) is 2.40. The van der Waals surface area contributed by atoms with Crippen LogP contribution in [0.25, 0.3) is 11.0 Å². The maximum atomic E-state index is 5.33. The first-order valence-electron chi connectivity index (χ1n) is 6.52. The molecule has 0 amide bonds. The standard InChI is InChI=1S/C16H15N3O2/c1-20-14-10-6-5-9-13(14)18-15-16(21-2)19-12-8-4-3-7-11(12)17-15/h3-10H,1-2H3,(H,17,18). The molecule has 0 aliphatic heterocycles. The lowest BCUT2D eigenvalue weighted by Gasteiger charge is -2.13. The summed E-state index contributed by atoms with van der Waals surface area (Å²) >= 11 is 0. The van der Waals surface area contributed by atoms with Crippen LogP contribution in [0.3, 0.4) is 0 Å². The van der Waals surface area contributed by atoms with E-state index >= 15 is 0 Å². The van der Waals surface area contributed by atoms with Crippen molar-refractivity contribution in [2.45, 2.75) is 0 Å². The van der Waals surface area contributed by atoms with E-state index < -0.39 is 0 Å². The Morgan fingerprint density at radius 3 is 2.19 bits per heavy atom. The summed E-state index contributed by atoms with van der Waals surface area (Å²) < 4.78 is 10.6. The van der Waals surface area contributed by atoms with Crippen LogP contribution in [0, 0.1) is 0 Å². The molecule has 0 radical (unpaired) electrons. The van der Waals surface area contributed by atoms with Crippen molar-refractivity contribution in [2.24, 2.45) is 0 Å². The van der Waals surface area contributed by atoms with Crippen LogP contribution in [-0.2, 0) is 0 Å². The van der Waals surface area contributed by atoms with Crippen LogP contribution in [0.15, 0.2) is 48.5 Å². The van der Waals surface area contributed by atoms with Gasteiger partial charge in [0.05, 0.1) is 30.9 Å². The fraction of sp³-hybridized carbons (Fsp3) is 0.125. The molecule has 21 heavy (non-hydrogen) atoms. The van der Waals surface area contributed by atoms with Gasteiger partial charge in [-0.15, -0.1) is 0 Å². The molecule has 1 aromatic heterocycles. The van der Waals surface area contributed by atoms with Crippen LogP contribution in [0.5, 0.6) is 11.6 Å². The van der Waals surface area contributed by atoms with Gasteiger partial charge in [-0.2, -0.15) is 0 Å². The number of para-hydroxylation sites is 4. The average molecular weight is 281 g/mol. The number of methoxy groups -OCH3 is 2. The third-order valence-electron chi connectivity index (χ3n) is 3.09. The molecule has 0 unspecified atom stereocenters. The number of hydrogen-bond donors (Lipinski definition) is 1. The lowest BCUT2D eigenvalue weighted by molar-refractivity contribution is 0.400. The van der Waals surface area contributed by atoms with Crippen molar-refractivity contribution in [1.29, 1.82) is 0 Å². The van der Waals surface area contributed by atoms with E-state index in [4.69, 9.17) is 9.47 Å². The molecule has 0 aliphatic carbocycles. The SMILES string of the molecule is COc1ccccc1Nc1nc2ccccc2nc1OC. The summed E-state index contributed by atoms with van der Waals surface area (Å²) in [6, 6.07) is 15.3. The van der Waals surface area contributed by atoms with Crippen molar-refractivity contribution in [3.8, 4) is 11.6 Å². The molecule has 5 nitrogen and oxygen atoms in total. The van der Waals surface area contributed by atoms with Gasteiger partial charge in [0.25, 0.3) is 5.88 Å². The molecule has 0 aliphatic rings. The zero-order valence-corrected chi connectivity index (χ0v) is 11.8. The summed E-state index contributed by atoms with van der Waals surface area (Å²) in [5, 5.41) is 3.21. The highest BCUT2D eigenvalue weighted by molar-refractivity contribution is 5.79. The van der Waals surface area contributed by atoms with Gasteiger partial charge < -0.3 is 14.8 Å². The predicted molar refractivity (Wildman–Crippen MR) is 82.4 cm³/mol. The average Bonchev–Trinajstić information content (AvgIpc) is 2.54. The minimum absolute atomic E-state index is 0.444. The molecule has 106 valence electrons. The second kappa shape index (κ2) is 5.66. The Hall–Kier alpha value is -2.82. The normalized spacial score (nSPS) is 10.4. The van der Waals surface area contributed by atoms with Gasteiger partial charge in [0, 0.05) is 0 Å². The van der Waals surface area contributed by atoms with Gasteiger partial charge in [-0.25, -0.2) is 9.97 Å². The molecule has 0 spiro atoms. The van der Waals surface area contributed by atoms with E-state index in [9.17, 15) is 0 Å². The number of aromatic nitrogens is 2. The zero-order chi connectivity index (χ0) is 14.7. The molecule has 0 saturated carbocycles. The third kappa shape index (κ3) is 2.58. The predicted octanol–water partition coefficient (Wildman–Crippen LogP) is 3.39. The maximum Gasteiger partial charge on any atom is 0.258 e. The molecule has 0 fully saturated rings. The maximum absolute atomic E-state index is 5.33. The lowest BCUT2D eigenvalue weighted by Crippen LogP contribution is -2.01. The topological polar surface area (TPSA) is 56.3 Å². The van der Waals surface area contributed by atoms with Crippen LogP contribution in [-0.4, -0.2) is 24.2 Å². The Balaban J connectivity index is 2.06. The van der Waals surface area contributed by atoms with Gasteiger partial charge >= 0.3 is 0 Å². The molecule has 0 saturated heterocycles. The largest absolute Gasteiger partial charge is 0.495 e. The van der Waals surface area contributed by atoms with Crippen LogP contribution in [0.4, 0.5) is 11.5 Å². The van der Waals surface area contributed by atoms with E-state index in [1.807, 2.05) is 48.5 Å². The van der Waals surface area contributed by atoms with Crippen molar-refractivity contribution >= 4 is 22.5 Å². The van der Waals surface area contributed by atoms with E-state index in [0.717, 1.165) is 22.5 Å². The molecule has 3 rings (SSSR count). The number of nitrogens with zero attached hydrogens (tertiary/aromatic N) is 2. The second-order valence-corrected chi connectivity index (χ2v) is 4.40. The first kappa shape index (κ1) is 13.2. The van der Waals surface area contributed by atoms with Crippen LogP contribution in [0.2, 0.25) is 0 Å². The molecule has 2 aromatic carbocycles. The summed E-state index contributed by atoms with van der Waals surface area (Å²) in [7, 11) is 3.20. The minimum atomic E-state index is 0.444. The summed E-state index contributed by atoms with van der Waals surface area (Å²) in [6.07, 6.45) is 0. The van der Waals surface area contributed by atoms with Gasteiger partial charge in [-0.05, 0) is 24.3 Å². The quantitative estimate of drug-likeness (QED) is 0.794. The van der Waals surface area contributed by atoms with Gasteiger partial charge in [0.15, 0.2) is 5.82 Å². The molecule has 0 bridgehead atoms. The Morgan fingerprint density at radius 2 is 1.48 bits per heavy atom. The highest BCUT2D eigenvalue weighted by Crippen LogP contribution is 2.30. The van der Waals surface area contributed by atoms with E-state index in [2.05, 4.69) is 15.3 Å². The van der Waals surface area contributed by atoms with Crippen molar-refractivity contribution in [3.63, 3.8) is 0 Å². The van der Waals surface area contributed by atoms with Crippen molar-refractivity contribution in [1.82, 2.24) is 9.97 Å². The summed E-state index contributed by atoms with van der Waals surface area (Å²) in [4.78, 5) is 9.02. The fourth-order valence-electron chi connectivity index (χ4n) is 2.08. The summed E-state index contributed by atoms with van der Waals surface area (Å²) in [6.45, 7) is 0. The number of hydrogen-bond acceptors (Lipinski definition) is 5.